The topological polar surface area (TPSA) is 45.1 Å². The van der Waals surface area contributed by atoms with Crippen LogP contribution in [0.2, 0.25) is 0 Å². The maximum absolute atomic E-state index is 9.04. The maximum Gasteiger partial charge on any atom is 0.0933 e. The summed E-state index contributed by atoms with van der Waals surface area (Å²) >= 11 is 1.74. The predicted molar refractivity (Wildman–Crippen MR) is 99.9 cm³/mol. The molecule has 0 aliphatic rings. The number of aryl methyl sites for hydroxylation is 1. The van der Waals surface area contributed by atoms with E-state index in [1.165, 1.54) is 16.1 Å². The SMILES string of the molecule is OCc1ccc(CNCCCc2nc(-c3ccccc3)cs2)cc1. The molecule has 2 N–H and O–H groups in total. The zero-order valence-electron chi connectivity index (χ0n) is 13.6. The number of aliphatic hydroxyl groups excluding tert-OH is 1. The van der Waals surface area contributed by atoms with Crippen molar-refractivity contribution < 1.29 is 5.11 Å². The number of hydrogen-bond acceptors (Lipinski definition) is 4. The molecule has 0 fully saturated rings. The minimum Gasteiger partial charge on any atom is -0.392 e. The van der Waals surface area contributed by atoms with Crippen LogP contribution < -0.4 is 5.32 Å². The van der Waals surface area contributed by atoms with Crippen LogP contribution in [0.15, 0.2) is 60.0 Å². The number of aliphatic hydroxyl groups is 1. The zero-order chi connectivity index (χ0) is 16.6. The van der Waals surface area contributed by atoms with Gasteiger partial charge in [-0.1, -0.05) is 54.6 Å². The van der Waals surface area contributed by atoms with Gasteiger partial charge in [0.15, 0.2) is 0 Å². The molecule has 1 heterocycles. The van der Waals surface area contributed by atoms with Crippen LogP contribution in [0.3, 0.4) is 0 Å². The van der Waals surface area contributed by atoms with Crippen LogP contribution in [0, 0.1) is 0 Å². The van der Waals surface area contributed by atoms with Gasteiger partial charge in [0.1, 0.15) is 0 Å². The summed E-state index contributed by atoms with van der Waals surface area (Å²) in [5.41, 5.74) is 4.46. The van der Waals surface area contributed by atoms with E-state index in [1.807, 2.05) is 30.3 Å². The average Bonchev–Trinajstić information content (AvgIpc) is 3.12. The Hall–Kier alpha value is -2.01. The Bertz CT molecular complexity index is 738. The second-order valence-corrected chi connectivity index (χ2v) is 6.69. The molecule has 124 valence electrons. The van der Waals surface area contributed by atoms with Gasteiger partial charge >= 0.3 is 0 Å². The van der Waals surface area contributed by atoms with Crippen molar-refractivity contribution in [3.63, 3.8) is 0 Å². The van der Waals surface area contributed by atoms with E-state index >= 15 is 0 Å². The van der Waals surface area contributed by atoms with Crippen molar-refractivity contribution in [3.8, 4) is 11.3 Å². The molecule has 4 heteroatoms. The van der Waals surface area contributed by atoms with Crippen LogP contribution in [0.1, 0.15) is 22.6 Å². The first kappa shape index (κ1) is 16.8. The summed E-state index contributed by atoms with van der Waals surface area (Å²) in [6, 6.07) is 18.4. The summed E-state index contributed by atoms with van der Waals surface area (Å²) in [7, 11) is 0. The Morgan fingerprint density at radius 2 is 1.71 bits per heavy atom. The summed E-state index contributed by atoms with van der Waals surface area (Å²) in [6.45, 7) is 1.94. The summed E-state index contributed by atoms with van der Waals surface area (Å²) in [4.78, 5) is 4.72. The quantitative estimate of drug-likeness (QED) is 0.610. The van der Waals surface area contributed by atoms with Crippen molar-refractivity contribution in [3.05, 3.63) is 76.1 Å². The molecule has 0 saturated carbocycles. The summed E-state index contributed by atoms with van der Waals surface area (Å²) in [5.74, 6) is 0. The zero-order valence-corrected chi connectivity index (χ0v) is 14.4. The molecule has 2 aromatic carbocycles. The number of hydrogen-bond donors (Lipinski definition) is 2. The predicted octanol–water partition coefficient (Wildman–Crippen LogP) is 4.02. The molecule has 1 aromatic heterocycles. The number of aromatic nitrogens is 1. The van der Waals surface area contributed by atoms with Gasteiger partial charge < -0.3 is 10.4 Å². The Morgan fingerprint density at radius 1 is 0.958 bits per heavy atom. The number of rotatable bonds is 8. The third-order valence-electron chi connectivity index (χ3n) is 3.90. The molecule has 3 aromatic rings. The van der Waals surface area contributed by atoms with Crippen LogP contribution >= 0.6 is 11.3 Å². The van der Waals surface area contributed by atoms with Gasteiger partial charge in [0, 0.05) is 23.9 Å². The standard InChI is InChI=1S/C20H22N2OS/c23-14-17-10-8-16(9-11-17)13-21-12-4-7-20-22-19(15-24-20)18-5-2-1-3-6-18/h1-3,5-6,8-11,15,21,23H,4,7,12-14H2. The van der Waals surface area contributed by atoms with Gasteiger partial charge in [0.2, 0.25) is 0 Å². The van der Waals surface area contributed by atoms with Crippen molar-refractivity contribution in [2.24, 2.45) is 0 Å². The van der Waals surface area contributed by atoms with Gasteiger partial charge in [0.05, 0.1) is 17.3 Å². The molecule has 0 bridgehead atoms. The number of nitrogens with zero attached hydrogens (tertiary/aromatic N) is 1. The van der Waals surface area contributed by atoms with E-state index < -0.39 is 0 Å². The highest BCUT2D eigenvalue weighted by Gasteiger charge is 2.04. The molecule has 0 aliphatic carbocycles. The fraction of sp³-hybridized carbons (Fsp3) is 0.250. The van der Waals surface area contributed by atoms with Gasteiger partial charge in [-0.15, -0.1) is 11.3 Å². The first-order valence-electron chi connectivity index (χ1n) is 8.24. The van der Waals surface area contributed by atoms with Gasteiger partial charge in [-0.2, -0.15) is 0 Å². The lowest BCUT2D eigenvalue weighted by Crippen LogP contribution is -2.15. The Balaban J connectivity index is 1.40. The van der Waals surface area contributed by atoms with E-state index in [9.17, 15) is 0 Å². The number of nitrogens with one attached hydrogen (secondary N) is 1. The highest BCUT2D eigenvalue weighted by molar-refractivity contribution is 7.09. The molecule has 24 heavy (non-hydrogen) atoms. The van der Waals surface area contributed by atoms with Gasteiger partial charge in [-0.3, -0.25) is 0 Å². The third kappa shape index (κ3) is 4.74. The van der Waals surface area contributed by atoms with Crippen molar-refractivity contribution in [2.45, 2.75) is 26.0 Å². The van der Waals surface area contributed by atoms with Crippen molar-refractivity contribution in [1.82, 2.24) is 10.3 Å². The molecular formula is C20H22N2OS. The molecule has 3 nitrogen and oxygen atoms in total. The summed E-state index contributed by atoms with van der Waals surface area (Å²) in [5, 5.41) is 15.8. The molecule has 0 spiro atoms. The Labute approximate surface area is 147 Å². The average molecular weight is 338 g/mol. The van der Waals surface area contributed by atoms with E-state index in [4.69, 9.17) is 10.1 Å². The monoisotopic (exact) mass is 338 g/mol. The van der Waals surface area contributed by atoms with Gasteiger partial charge in [-0.05, 0) is 24.1 Å². The van der Waals surface area contributed by atoms with E-state index in [0.717, 1.165) is 37.2 Å². The molecule has 0 radical (unpaired) electrons. The molecule has 0 unspecified atom stereocenters. The smallest absolute Gasteiger partial charge is 0.0933 e. The van der Waals surface area contributed by atoms with Crippen molar-refractivity contribution in [1.29, 1.82) is 0 Å². The Morgan fingerprint density at radius 3 is 2.46 bits per heavy atom. The molecule has 0 saturated heterocycles. The minimum absolute atomic E-state index is 0.104. The van der Waals surface area contributed by atoms with Crippen LogP contribution in [-0.4, -0.2) is 16.6 Å². The lowest BCUT2D eigenvalue weighted by atomic mass is 10.1. The first-order valence-corrected chi connectivity index (χ1v) is 9.12. The molecule has 3 rings (SSSR count). The molecule has 0 aliphatic heterocycles. The molecule has 0 amide bonds. The third-order valence-corrected chi connectivity index (χ3v) is 4.81. The summed E-state index contributed by atoms with van der Waals surface area (Å²) < 4.78 is 0. The van der Waals surface area contributed by atoms with Crippen LogP contribution in [0.4, 0.5) is 0 Å². The minimum atomic E-state index is 0.104. The van der Waals surface area contributed by atoms with Crippen molar-refractivity contribution in [2.75, 3.05) is 6.54 Å². The normalized spacial score (nSPS) is 10.9. The van der Waals surface area contributed by atoms with E-state index in [-0.39, 0.29) is 6.61 Å². The Kier molecular flexibility index (Phi) is 6.13. The second-order valence-electron chi connectivity index (χ2n) is 5.75. The number of benzene rings is 2. The van der Waals surface area contributed by atoms with E-state index in [2.05, 4.69) is 35.0 Å². The van der Waals surface area contributed by atoms with Crippen molar-refractivity contribution >= 4 is 11.3 Å². The van der Waals surface area contributed by atoms with E-state index in [0.29, 0.717) is 0 Å². The highest BCUT2D eigenvalue weighted by atomic mass is 32.1. The largest absolute Gasteiger partial charge is 0.392 e. The number of thiazole rings is 1. The molecule has 0 atom stereocenters. The van der Waals surface area contributed by atoms with Gasteiger partial charge in [0.25, 0.3) is 0 Å². The highest BCUT2D eigenvalue weighted by Crippen LogP contribution is 2.22. The van der Waals surface area contributed by atoms with Gasteiger partial charge in [-0.25, -0.2) is 4.98 Å². The van der Waals surface area contributed by atoms with Crippen LogP contribution in [0.25, 0.3) is 11.3 Å². The fourth-order valence-electron chi connectivity index (χ4n) is 2.53. The van der Waals surface area contributed by atoms with Crippen LogP contribution in [0.5, 0.6) is 0 Å². The molecular weight excluding hydrogens is 316 g/mol. The maximum atomic E-state index is 9.04. The fourth-order valence-corrected chi connectivity index (χ4v) is 3.38. The lowest BCUT2D eigenvalue weighted by molar-refractivity contribution is 0.282. The second kappa shape index (κ2) is 8.73. The van der Waals surface area contributed by atoms with Crippen LogP contribution in [-0.2, 0) is 19.6 Å². The van der Waals surface area contributed by atoms with E-state index in [1.54, 1.807) is 11.3 Å². The first-order chi connectivity index (χ1) is 11.8. The lowest BCUT2D eigenvalue weighted by Gasteiger charge is -2.05. The summed E-state index contributed by atoms with van der Waals surface area (Å²) in [6.07, 6.45) is 2.09.